The number of pyridine rings is 1. The molecule has 0 aliphatic heterocycles. The lowest BCUT2D eigenvalue weighted by atomic mass is 10.0. The number of aromatic nitrogens is 1. The third kappa shape index (κ3) is 1.19. The van der Waals surface area contributed by atoms with Crippen LogP contribution in [0.25, 0.3) is 11.1 Å². The lowest BCUT2D eigenvalue weighted by molar-refractivity contribution is 1.06. The largest absolute Gasteiger partial charge is 0.257 e. The normalized spacial score (nSPS) is 12.4. The fraction of sp³-hybridized carbons (Fsp3) is 0.214. The first-order chi connectivity index (χ1) is 7.25. The first-order valence-electron chi connectivity index (χ1n) is 5.31. The van der Waals surface area contributed by atoms with Crippen molar-refractivity contribution in [2.24, 2.45) is 0 Å². The minimum absolute atomic E-state index is 0.994. The summed E-state index contributed by atoms with van der Waals surface area (Å²) in [5.74, 6) is 0. The summed E-state index contributed by atoms with van der Waals surface area (Å²) in [6.45, 7) is 4.24. The first kappa shape index (κ1) is 8.66. The minimum atomic E-state index is 0.994. The SMILES string of the molecule is Cc1cc(C)c2c(n1)Cc1ccccc1-2. The molecule has 0 radical (unpaired) electrons. The molecule has 1 aromatic carbocycles. The highest BCUT2D eigenvalue weighted by Gasteiger charge is 2.20. The highest BCUT2D eigenvalue weighted by molar-refractivity contribution is 5.77. The molecule has 0 spiro atoms. The first-order valence-corrected chi connectivity index (χ1v) is 5.31. The fourth-order valence-electron chi connectivity index (χ4n) is 2.51. The van der Waals surface area contributed by atoms with Crippen molar-refractivity contribution in [1.82, 2.24) is 4.98 Å². The van der Waals surface area contributed by atoms with E-state index in [1.54, 1.807) is 0 Å². The molecule has 15 heavy (non-hydrogen) atoms. The Morgan fingerprint density at radius 1 is 1.13 bits per heavy atom. The number of hydrogen-bond donors (Lipinski definition) is 0. The van der Waals surface area contributed by atoms with Crippen LogP contribution in [0, 0.1) is 13.8 Å². The molecule has 0 atom stereocenters. The molecule has 1 aliphatic rings. The summed E-state index contributed by atoms with van der Waals surface area (Å²) in [7, 11) is 0. The predicted octanol–water partition coefficient (Wildman–Crippen LogP) is 3.27. The van der Waals surface area contributed by atoms with Gasteiger partial charge in [-0.15, -0.1) is 0 Å². The van der Waals surface area contributed by atoms with Crippen molar-refractivity contribution in [2.75, 3.05) is 0 Å². The molecule has 74 valence electrons. The van der Waals surface area contributed by atoms with Crippen LogP contribution < -0.4 is 0 Å². The van der Waals surface area contributed by atoms with Gasteiger partial charge in [-0.25, -0.2) is 0 Å². The maximum Gasteiger partial charge on any atom is 0.0531 e. The molecule has 1 aromatic heterocycles. The van der Waals surface area contributed by atoms with Gasteiger partial charge in [0, 0.05) is 17.7 Å². The van der Waals surface area contributed by atoms with Crippen LogP contribution in [0.4, 0.5) is 0 Å². The Labute approximate surface area is 89.8 Å². The average Bonchev–Trinajstić information content (AvgIpc) is 2.54. The van der Waals surface area contributed by atoms with Crippen LogP contribution in [-0.2, 0) is 6.42 Å². The van der Waals surface area contributed by atoms with E-state index in [1.807, 2.05) is 0 Å². The van der Waals surface area contributed by atoms with Crippen molar-refractivity contribution in [3.63, 3.8) is 0 Å². The zero-order chi connectivity index (χ0) is 10.4. The van der Waals surface area contributed by atoms with E-state index in [-0.39, 0.29) is 0 Å². The van der Waals surface area contributed by atoms with Crippen molar-refractivity contribution in [2.45, 2.75) is 20.3 Å². The van der Waals surface area contributed by atoms with Crippen molar-refractivity contribution in [1.29, 1.82) is 0 Å². The van der Waals surface area contributed by atoms with Gasteiger partial charge >= 0.3 is 0 Å². The van der Waals surface area contributed by atoms with Gasteiger partial charge in [-0.05, 0) is 36.6 Å². The third-order valence-corrected chi connectivity index (χ3v) is 3.06. The summed E-state index contributed by atoms with van der Waals surface area (Å²) in [5, 5.41) is 0. The molecule has 0 unspecified atom stereocenters. The molecule has 0 N–H and O–H groups in total. The molecular weight excluding hydrogens is 182 g/mol. The zero-order valence-electron chi connectivity index (χ0n) is 9.04. The summed E-state index contributed by atoms with van der Waals surface area (Å²) in [5.41, 5.74) is 7.86. The van der Waals surface area contributed by atoms with E-state index in [9.17, 15) is 0 Å². The van der Waals surface area contributed by atoms with Crippen molar-refractivity contribution >= 4 is 0 Å². The maximum absolute atomic E-state index is 4.63. The summed E-state index contributed by atoms with van der Waals surface area (Å²) in [4.78, 5) is 4.63. The van der Waals surface area contributed by atoms with E-state index < -0.39 is 0 Å². The highest BCUT2D eigenvalue weighted by Crippen LogP contribution is 2.37. The second-order valence-electron chi connectivity index (χ2n) is 4.24. The van der Waals surface area contributed by atoms with Gasteiger partial charge in [0.1, 0.15) is 0 Å². The molecular formula is C14H13N. The van der Waals surface area contributed by atoms with Crippen LogP contribution in [0.5, 0.6) is 0 Å². The molecule has 1 heteroatoms. The van der Waals surface area contributed by atoms with Gasteiger partial charge in [0.15, 0.2) is 0 Å². The van der Waals surface area contributed by atoms with Crippen molar-refractivity contribution in [3.05, 3.63) is 52.8 Å². The predicted molar refractivity (Wildman–Crippen MR) is 62.0 cm³/mol. The van der Waals surface area contributed by atoms with E-state index in [4.69, 9.17) is 0 Å². The number of benzene rings is 1. The second kappa shape index (κ2) is 2.93. The van der Waals surface area contributed by atoms with Crippen molar-refractivity contribution in [3.8, 4) is 11.1 Å². The summed E-state index contributed by atoms with van der Waals surface area (Å²) in [6, 6.07) is 10.8. The number of aryl methyl sites for hydroxylation is 2. The third-order valence-electron chi connectivity index (χ3n) is 3.06. The molecule has 0 saturated heterocycles. The van der Waals surface area contributed by atoms with Gasteiger partial charge < -0.3 is 0 Å². The number of rotatable bonds is 0. The standard InChI is InChI=1S/C14H13N/c1-9-7-10(2)15-13-8-11-5-3-4-6-12(11)14(9)13/h3-7H,8H2,1-2H3. The Kier molecular flexibility index (Phi) is 1.69. The van der Waals surface area contributed by atoms with Crippen LogP contribution >= 0.6 is 0 Å². The minimum Gasteiger partial charge on any atom is -0.257 e. The van der Waals surface area contributed by atoms with Gasteiger partial charge in [0.25, 0.3) is 0 Å². The van der Waals surface area contributed by atoms with Crippen LogP contribution in [-0.4, -0.2) is 4.98 Å². The van der Waals surface area contributed by atoms with E-state index >= 15 is 0 Å². The van der Waals surface area contributed by atoms with Gasteiger partial charge in [0.05, 0.1) is 5.69 Å². The topological polar surface area (TPSA) is 12.9 Å². The second-order valence-corrected chi connectivity index (χ2v) is 4.24. The monoisotopic (exact) mass is 195 g/mol. The smallest absolute Gasteiger partial charge is 0.0531 e. The fourth-order valence-corrected chi connectivity index (χ4v) is 2.51. The summed E-state index contributed by atoms with van der Waals surface area (Å²) >= 11 is 0. The van der Waals surface area contributed by atoms with Gasteiger partial charge in [-0.2, -0.15) is 0 Å². The summed E-state index contributed by atoms with van der Waals surface area (Å²) in [6.07, 6.45) is 0.994. The molecule has 0 fully saturated rings. The van der Waals surface area contributed by atoms with Gasteiger partial charge in [-0.3, -0.25) is 4.98 Å². The van der Waals surface area contributed by atoms with Crippen molar-refractivity contribution < 1.29 is 0 Å². The number of nitrogens with zero attached hydrogens (tertiary/aromatic N) is 1. The van der Waals surface area contributed by atoms with E-state index in [0.717, 1.165) is 12.1 Å². The Morgan fingerprint density at radius 3 is 2.80 bits per heavy atom. The van der Waals surface area contributed by atoms with Crippen LogP contribution in [0.1, 0.15) is 22.5 Å². The molecule has 0 amide bonds. The number of fused-ring (bicyclic) bond motifs is 3. The molecule has 1 heterocycles. The van der Waals surface area contributed by atoms with E-state index in [0.29, 0.717) is 0 Å². The van der Waals surface area contributed by atoms with Crippen LogP contribution in [0.2, 0.25) is 0 Å². The lowest BCUT2D eigenvalue weighted by Crippen LogP contribution is -1.92. The van der Waals surface area contributed by atoms with Crippen LogP contribution in [0.3, 0.4) is 0 Å². The number of hydrogen-bond acceptors (Lipinski definition) is 1. The molecule has 1 nitrogen and oxygen atoms in total. The van der Waals surface area contributed by atoms with Gasteiger partial charge in [0.2, 0.25) is 0 Å². The Hall–Kier alpha value is -1.63. The zero-order valence-corrected chi connectivity index (χ0v) is 9.04. The molecule has 3 rings (SSSR count). The summed E-state index contributed by atoms with van der Waals surface area (Å²) < 4.78 is 0. The lowest BCUT2D eigenvalue weighted by Gasteiger charge is -2.05. The quantitative estimate of drug-likeness (QED) is 0.536. The van der Waals surface area contributed by atoms with E-state index in [2.05, 4.69) is 49.2 Å². The molecule has 1 aliphatic carbocycles. The maximum atomic E-state index is 4.63. The molecule has 0 saturated carbocycles. The Balaban J connectivity index is 2.33. The Morgan fingerprint density at radius 2 is 1.93 bits per heavy atom. The molecule has 0 bridgehead atoms. The van der Waals surface area contributed by atoms with Crippen LogP contribution in [0.15, 0.2) is 30.3 Å². The molecule has 2 aromatic rings. The van der Waals surface area contributed by atoms with E-state index in [1.165, 1.54) is 27.9 Å². The Bertz CT molecular complexity index is 541. The average molecular weight is 195 g/mol. The van der Waals surface area contributed by atoms with Gasteiger partial charge in [-0.1, -0.05) is 24.3 Å². The highest BCUT2D eigenvalue weighted by atomic mass is 14.7.